The third-order valence-electron chi connectivity index (χ3n) is 3.59. The van der Waals surface area contributed by atoms with Crippen LogP contribution in [0.25, 0.3) is 0 Å². The molecule has 0 fully saturated rings. The van der Waals surface area contributed by atoms with E-state index in [-0.39, 0.29) is 24.0 Å². The molecule has 27 heavy (non-hydrogen) atoms. The van der Waals surface area contributed by atoms with Gasteiger partial charge in [0.05, 0.1) is 12.6 Å². The number of rotatable bonds is 5. The van der Waals surface area contributed by atoms with Crippen molar-refractivity contribution in [1.82, 2.24) is 10.7 Å². The normalized spacial score (nSPS) is 16.1. The van der Waals surface area contributed by atoms with Crippen LogP contribution in [-0.2, 0) is 9.59 Å². The number of anilines is 1. The Bertz CT molecular complexity index is 911. The Balaban J connectivity index is 1.54. The predicted molar refractivity (Wildman–Crippen MR) is 103 cm³/mol. The number of amides is 2. The summed E-state index contributed by atoms with van der Waals surface area (Å²) in [5, 5.41) is 18.9. The van der Waals surface area contributed by atoms with E-state index >= 15 is 0 Å². The molecule has 0 radical (unpaired) electrons. The summed E-state index contributed by atoms with van der Waals surface area (Å²) in [5.74, 6) is -0.421. The average Bonchev–Trinajstić information content (AvgIpc) is 2.96. The minimum absolute atomic E-state index is 0.106. The molecule has 1 aliphatic rings. The third kappa shape index (κ3) is 5.29. The Morgan fingerprint density at radius 2 is 2.07 bits per heavy atom. The number of aliphatic imine (C=N–C) groups is 1. The maximum Gasteiger partial charge on any atom is 0.252 e. The molecule has 0 spiro atoms. The van der Waals surface area contributed by atoms with E-state index in [0.29, 0.717) is 10.7 Å². The number of hydrogen-bond acceptors (Lipinski definition) is 6. The van der Waals surface area contributed by atoms with Gasteiger partial charge in [-0.2, -0.15) is 5.10 Å². The number of carbonyl (C=O) groups is 2. The number of guanidine groups is 1. The smallest absolute Gasteiger partial charge is 0.252 e. The van der Waals surface area contributed by atoms with Crippen molar-refractivity contribution in [3.63, 3.8) is 0 Å². The van der Waals surface area contributed by atoms with Gasteiger partial charge in [-0.1, -0.05) is 17.7 Å². The highest BCUT2D eigenvalue weighted by Crippen LogP contribution is 2.16. The maximum atomic E-state index is 12.1. The third-order valence-corrected chi connectivity index (χ3v) is 3.83. The summed E-state index contributed by atoms with van der Waals surface area (Å²) in [6.45, 7) is 0. The zero-order chi connectivity index (χ0) is 19.2. The number of hydrazone groups is 1. The molecule has 3 rings (SSSR count). The Morgan fingerprint density at radius 1 is 1.30 bits per heavy atom. The van der Waals surface area contributed by atoms with Crippen LogP contribution >= 0.6 is 11.6 Å². The molecule has 2 aromatic carbocycles. The van der Waals surface area contributed by atoms with Crippen molar-refractivity contribution < 1.29 is 14.7 Å². The minimum atomic E-state index is -0.837. The number of nitrogens with zero attached hydrogens (tertiary/aromatic N) is 2. The molecule has 0 saturated carbocycles. The molecule has 0 aromatic heterocycles. The van der Waals surface area contributed by atoms with Crippen LogP contribution in [0, 0.1) is 0 Å². The second-order valence-electron chi connectivity index (χ2n) is 5.71. The van der Waals surface area contributed by atoms with Crippen LogP contribution in [0.2, 0.25) is 5.02 Å². The predicted octanol–water partition coefficient (Wildman–Crippen LogP) is 1.85. The first-order valence-corrected chi connectivity index (χ1v) is 8.39. The van der Waals surface area contributed by atoms with Gasteiger partial charge in [-0.05, 0) is 48.0 Å². The van der Waals surface area contributed by atoms with E-state index in [1.165, 1.54) is 18.3 Å². The Kier molecular flexibility index (Phi) is 5.68. The SMILES string of the molecule is O=C(C[C@H]1N=C(N/N=C\c2ccc(O)cc2)NC1=O)Nc1cccc(Cl)c1. The summed E-state index contributed by atoms with van der Waals surface area (Å²) >= 11 is 5.87. The topological polar surface area (TPSA) is 115 Å². The first-order chi connectivity index (χ1) is 13.0. The zero-order valence-electron chi connectivity index (χ0n) is 14.0. The molecule has 0 bridgehead atoms. The van der Waals surface area contributed by atoms with Crippen molar-refractivity contribution in [2.75, 3.05) is 5.32 Å². The van der Waals surface area contributed by atoms with Crippen molar-refractivity contribution in [3.05, 3.63) is 59.1 Å². The van der Waals surface area contributed by atoms with Crippen molar-refractivity contribution in [1.29, 1.82) is 0 Å². The molecule has 2 amide bonds. The van der Waals surface area contributed by atoms with E-state index < -0.39 is 11.9 Å². The Hall–Kier alpha value is -3.39. The summed E-state index contributed by atoms with van der Waals surface area (Å²) in [6.07, 6.45) is 1.40. The van der Waals surface area contributed by atoms with Gasteiger partial charge in [0.25, 0.3) is 5.91 Å². The molecule has 138 valence electrons. The zero-order valence-corrected chi connectivity index (χ0v) is 14.8. The van der Waals surface area contributed by atoms with Crippen molar-refractivity contribution >= 4 is 41.3 Å². The van der Waals surface area contributed by atoms with Crippen molar-refractivity contribution in [2.24, 2.45) is 10.1 Å². The van der Waals surface area contributed by atoms with Crippen LogP contribution in [0.5, 0.6) is 5.75 Å². The lowest BCUT2D eigenvalue weighted by Gasteiger charge is -2.07. The largest absolute Gasteiger partial charge is 0.508 e. The summed E-state index contributed by atoms with van der Waals surface area (Å²) in [4.78, 5) is 28.2. The van der Waals surface area contributed by atoms with Gasteiger partial charge in [0.15, 0.2) is 0 Å². The molecule has 8 nitrogen and oxygen atoms in total. The lowest BCUT2D eigenvalue weighted by molar-refractivity contribution is -0.123. The fourth-order valence-corrected chi connectivity index (χ4v) is 2.51. The van der Waals surface area contributed by atoms with E-state index in [1.54, 1.807) is 36.4 Å². The second-order valence-corrected chi connectivity index (χ2v) is 6.14. The number of carbonyl (C=O) groups excluding carboxylic acids is 2. The van der Waals surface area contributed by atoms with Gasteiger partial charge in [-0.3, -0.25) is 14.9 Å². The van der Waals surface area contributed by atoms with E-state index in [0.717, 1.165) is 5.56 Å². The van der Waals surface area contributed by atoms with Crippen LogP contribution in [0.4, 0.5) is 5.69 Å². The van der Waals surface area contributed by atoms with Crippen molar-refractivity contribution in [2.45, 2.75) is 12.5 Å². The Morgan fingerprint density at radius 3 is 2.81 bits per heavy atom. The van der Waals surface area contributed by atoms with Gasteiger partial charge in [-0.25, -0.2) is 10.4 Å². The van der Waals surface area contributed by atoms with Crippen LogP contribution in [0.15, 0.2) is 58.6 Å². The van der Waals surface area contributed by atoms with E-state index in [2.05, 4.69) is 26.2 Å². The molecule has 4 N–H and O–H groups in total. The lowest BCUT2D eigenvalue weighted by atomic mass is 10.2. The van der Waals surface area contributed by atoms with Gasteiger partial charge in [0.2, 0.25) is 11.9 Å². The summed E-state index contributed by atoms with van der Waals surface area (Å²) in [6, 6.07) is 12.3. The molecule has 9 heteroatoms. The number of phenolic OH excluding ortho intramolecular Hbond substituents is 1. The highest BCUT2D eigenvalue weighted by atomic mass is 35.5. The molecule has 1 heterocycles. The maximum absolute atomic E-state index is 12.1. The summed E-state index contributed by atoms with van der Waals surface area (Å²) in [5.41, 5.74) is 3.91. The van der Waals surface area contributed by atoms with Crippen LogP contribution in [-0.4, -0.2) is 35.1 Å². The molecular weight excluding hydrogens is 370 g/mol. The number of aromatic hydroxyl groups is 1. The average molecular weight is 386 g/mol. The highest BCUT2D eigenvalue weighted by Gasteiger charge is 2.28. The van der Waals surface area contributed by atoms with Gasteiger partial charge >= 0.3 is 0 Å². The monoisotopic (exact) mass is 385 g/mol. The number of benzene rings is 2. The van der Waals surface area contributed by atoms with Gasteiger partial charge in [0, 0.05) is 10.7 Å². The quantitative estimate of drug-likeness (QED) is 0.464. The molecule has 1 atom stereocenters. The molecule has 1 aliphatic heterocycles. The fourth-order valence-electron chi connectivity index (χ4n) is 2.32. The Labute approximate surface area is 160 Å². The first kappa shape index (κ1) is 18.4. The summed E-state index contributed by atoms with van der Waals surface area (Å²) < 4.78 is 0. The minimum Gasteiger partial charge on any atom is -0.508 e. The van der Waals surface area contributed by atoms with Crippen LogP contribution in [0.1, 0.15) is 12.0 Å². The molecule has 0 aliphatic carbocycles. The van der Waals surface area contributed by atoms with Crippen LogP contribution < -0.4 is 16.1 Å². The van der Waals surface area contributed by atoms with Gasteiger partial charge < -0.3 is 10.4 Å². The summed E-state index contributed by atoms with van der Waals surface area (Å²) in [7, 11) is 0. The van der Waals surface area contributed by atoms with Crippen LogP contribution in [0.3, 0.4) is 0 Å². The molecule has 2 aromatic rings. The van der Waals surface area contributed by atoms with Gasteiger partial charge in [0.1, 0.15) is 11.8 Å². The van der Waals surface area contributed by atoms with Gasteiger partial charge in [-0.15, -0.1) is 0 Å². The highest BCUT2D eigenvalue weighted by molar-refractivity contribution is 6.30. The number of halogens is 1. The molecule has 0 saturated heterocycles. The number of phenols is 1. The first-order valence-electron chi connectivity index (χ1n) is 8.02. The second kappa shape index (κ2) is 8.33. The molecular formula is C18H16ClN5O3. The van der Waals surface area contributed by atoms with Crippen molar-refractivity contribution in [3.8, 4) is 5.75 Å². The van der Waals surface area contributed by atoms with E-state index in [9.17, 15) is 14.7 Å². The van der Waals surface area contributed by atoms with E-state index in [4.69, 9.17) is 11.6 Å². The number of nitrogens with one attached hydrogen (secondary N) is 3. The van der Waals surface area contributed by atoms with E-state index in [1.807, 2.05) is 0 Å². The fraction of sp³-hybridized carbons (Fsp3) is 0.111. The standard InChI is InChI=1S/C18H16ClN5O3/c19-12-2-1-3-13(8-12)21-16(26)9-15-17(27)23-18(22-15)24-20-10-11-4-6-14(25)7-5-11/h1-8,10,15,25H,9H2,(H,21,26)(H2,22,23,24,27)/b20-10-/t15-/m1/s1. The number of hydrogen-bond donors (Lipinski definition) is 4. The lowest BCUT2D eigenvalue weighted by Crippen LogP contribution is -2.35. The molecule has 0 unspecified atom stereocenters.